The summed E-state index contributed by atoms with van der Waals surface area (Å²) in [5.74, 6) is 1.78. The molecular formula is C18H18N2O6S. The zero-order chi connectivity index (χ0) is 19.0. The molecule has 8 nitrogen and oxygen atoms in total. The van der Waals surface area contributed by atoms with Gasteiger partial charge in [0, 0.05) is 24.8 Å². The summed E-state index contributed by atoms with van der Waals surface area (Å²) in [6.45, 7) is 0.444. The van der Waals surface area contributed by atoms with E-state index in [0.717, 1.165) is 0 Å². The molecule has 2 amide bonds. The van der Waals surface area contributed by atoms with Crippen LogP contribution in [0.2, 0.25) is 0 Å². The smallest absolute Gasteiger partial charge is 0.321 e. The highest BCUT2D eigenvalue weighted by molar-refractivity contribution is 7.92. The monoisotopic (exact) mass is 390 g/mol. The topological polar surface area (TPSA) is 94.2 Å². The zero-order valence-electron chi connectivity index (χ0n) is 14.5. The number of methoxy groups -OCH3 is 1. The number of anilines is 1. The summed E-state index contributed by atoms with van der Waals surface area (Å²) in [4.78, 5) is 14.0. The lowest BCUT2D eigenvalue weighted by atomic mass is 10.2. The van der Waals surface area contributed by atoms with E-state index in [2.05, 4.69) is 5.32 Å². The molecule has 9 heteroatoms. The minimum absolute atomic E-state index is 0.144. The fraction of sp³-hybridized carbons (Fsp3) is 0.278. The fourth-order valence-corrected chi connectivity index (χ4v) is 4.59. The lowest BCUT2D eigenvalue weighted by Gasteiger charge is -2.38. The van der Waals surface area contributed by atoms with Crippen LogP contribution in [0.4, 0.5) is 10.5 Å². The van der Waals surface area contributed by atoms with Crippen molar-refractivity contribution >= 4 is 21.6 Å². The molecule has 0 atom stereocenters. The van der Waals surface area contributed by atoms with Crippen molar-refractivity contribution in [3.63, 3.8) is 0 Å². The maximum Gasteiger partial charge on any atom is 0.321 e. The van der Waals surface area contributed by atoms with Gasteiger partial charge in [-0.1, -0.05) is 0 Å². The number of sulfone groups is 1. The van der Waals surface area contributed by atoms with Crippen molar-refractivity contribution in [1.82, 2.24) is 4.90 Å². The molecule has 142 valence electrons. The van der Waals surface area contributed by atoms with E-state index in [-0.39, 0.29) is 30.8 Å². The number of nitrogens with one attached hydrogen (secondary N) is 1. The van der Waals surface area contributed by atoms with Crippen molar-refractivity contribution in [1.29, 1.82) is 0 Å². The van der Waals surface area contributed by atoms with Crippen LogP contribution in [-0.4, -0.2) is 51.6 Å². The number of hydrogen-bond donors (Lipinski definition) is 1. The van der Waals surface area contributed by atoms with Crippen LogP contribution in [0.25, 0.3) is 0 Å². The molecule has 1 N–H and O–H groups in total. The number of amides is 2. The third kappa shape index (κ3) is 3.25. The van der Waals surface area contributed by atoms with Gasteiger partial charge in [-0.2, -0.15) is 0 Å². The van der Waals surface area contributed by atoms with Crippen molar-refractivity contribution in [3.05, 3.63) is 42.5 Å². The first-order valence-electron chi connectivity index (χ1n) is 8.31. The first-order valence-corrected chi connectivity index (χ1v) is 9.85. The van der Waals surface area contributed by atoms with E-state index >= 15 is 0 Å². The minimum Gasteiger partial charge on any atom is -0.497 e. The van der Waals surface area contributed by atoms with Gasteiger partial charge in [-0.15, -0.1) is 0 Å². The van der Waals surface area contributed by atoms with Crippen molar-refractivity contribution in [2.45, 2.75) is 10.1 Å². The molecule has 1 fully saturated rings. The Morgan fingerprint density at radius 3 is 2.52 bits per heavy atom. The van der Waals surface area contributed by atoms with Crippen molar-refractivity contribution in [2.24, 2.45) is 0 Å². The summed E-state index contributed by atoms with van der Waals surface area (Å²) < 4.78 is 40.8. The predicted octanol–water partition coefficient (Wildman–Crippen LogP) is 2.11. The van der Waals surface area contributed by atoms with Gasteiger partial charge in [0.05, 0.1) is 12.0 Å². The van der Waals surface area contributed by atoms with Gasteiger partial charge in [0.15, 0.2) is 21.3 Å². The van der Waals surface area contributed by atoms with Crippen LogP contribution in [0.15, 0.2) is 47.4 Å². The van der Waals surface area contributed by atoms with Gasteiger partial charge in [-0.3, -0.25) is 0 Å². The SMILES string of the molecule is COc1ccc(S(=O)(=O)C2CN(C(=O)Nc3ccc4c(c3)OCO4)C2)cc1. The average Bonchev–Trinajstić information content (AvgIpc) is 3.08. The Morgan fingerprint density at radius 1 is 1.11 bits per heavy atom. The molecule has 4 rings (SSSR count). The number of fused-ring (bicyclic) bond motifs is 1. The highest BCUT2D eigenvalue weighted by Crippen LogP contribution is 2.34. The summed E-state index contributed by atoms with van der Waals surface area (Å²) in [6.07, 6.45) is 0. The van der Waals surface area contributed by atoms with Crippen molar-refractivity contribution in [3.8, 4) is 17.2 Å². The molecule has 0 aromatic heterocycles. The standard InChI is InChI=1S/C18H18N2O6S/c1-24-13-3-5-14(6-4-13)27(22,23)15-9-20(10-15)18(21)19-12-2-7-16-17(8-12)26-11-25-16/h2-8,15H,9-11H2,1H3,(H,19,21). The summed E-state index contributed by atoms with van der Waals surface area (Å²) >= 11 is 0. The second-order valence-electron chi connectivity index (χ2n) is 6.25. The summed E-state index contributed by atoms with van der Waals surface area (Å²) in [7, 11) is -1.97. The van der Waals surface area contributed by atoms with E-state index in [1.54, 1.807) is 30.3 Å². The molecule has 2 aromatic carbocycles. The van der Waals surface area contributed by atoms with E-state index in [9.17, 15) is 13.2 Å². The largest absolute Gasteiger partial charge is 0.497 e. The van der Waals surface area contributed by atoms with Crippen LogP contribution < -0.4 is 19.5 Å². The average molecular weight is 390 g/mol. The molecule has 2 heterocycles. The van der Waals surface area contributed by atoms with Gasteiger partial charge < -0.3 is 24.4 Å². The Bertz CT molecular complexity index is 968. The van der Waals surface area contributed by atoms with E-state index < -0.39 is 15.1 Å². The number of nitrogens with zero attached hydrogens (tertiary/aromatic N) is 1. The number of hydrogen-bond acceptors (Lipinski definition) is 6. The molecule has 0 aliphatic carbocycles. The Balaban J connectivity index is 1.37. The highest BCUT2D eigenvalue weighted by atomic mass is 32.2. The first-order chi connectivity index (χ1) is 13.0. The highest BCUT2D eigenvalue weighted by Gasteiger charge is 2.40. The van der Waals surface area contributed by atoms with Crippen molar-refractivity contribution in [2.75, 3.05) is 32.3 Å². The molecule has 2 aliphatic heterocycles. The van der Waals surface area contributed by atoms with Gasteiger partial charge in [0.25, 0.3) is 0 Å². The number of likely N-dealkylation sites (tertiary alicyclic amines) is 1. The van der Waals surface area contributed by atoms with Crippen LogP contribution in [0, 0.1) is 0 Å². The van der Waals surface area contributed by atoms with Crippen LogP contribution in [0.5, 0.6) is 17.2 Å². The third-order valence-corrected chi connectivity index (χ3v) is 6.69. The molecule has 2 aromatic rings. The van der Waals surface area contributed by atoms with Crippen LogP contribution in [0.3, 0.4) is 0 Å². The Hall–Kier alpha value is -2.94. The van der Waals surface area contributed by atoms with E-state index in [4.69, 9.17) is 14.2 Å². The predicted molar refractivity (Wildman–Crippen MR) is 97.1 cm³/mol. The van der Waals surface area contributed by atoms with Gasteiger partial charge in [0.2, 0.25) is 6.79 Å². The molecule has 0 unspecified atom stereocenters. The molecule has 0 spiro atoms. The Kier molecular flexibility index (Phi) is 4.31. The second-order valence-corrected chi connectivity index (χ2v) is 8.47. The lowest BCUT2D eigenvalue weighted by molar-refractivity contribution is 0.174. The maximum absolute atomic E-state index is 12.6. The maximum atomic E-state index is 12.6. The van der Waals surface area contributed by atoms with Crippen molar-refractivity contribution < 1.29 is 27.4 Å². The number of carbonyl (C=O) groups is 1. The normalized spacial score (nSPS) is 16.0. The van der Waals surface area contributed by atoms with Gasteiger partial charge >= 0.3 is 6.03 Å². The molecule has 0 bridgehead atoms. The van der Waals surface area contributed by atoms with Gasteiger partial charge in [-0.05, 0) is 36.4 Å². The number of benzene rings is 2. The third-order valence-electron chi connectivity index (χ3n) is 4.59. The van der Waals surface area contributed by atoms with Crippen LogP contribution in [0.1, 0.15) is 0 Å². The summed E-state index contributed by atoms with van der Waals surface area (Å²) in [5.41, 5.74) is 0.561. The van der Waals surface area contributed by atoms with Crippen LogP contribution >= 0.6 is 0 Å². The van der Waals surface area contributed by atoms with Gasteiger partial charge in [0.1, 0.15) is 11.0 Å². The quantitative estimate of drug-likeness (QED) is 0.859. The lowest BCUT2D eigenvalue weighted by Crippen LogP contribution is -2.58. The molecule has 2 aliphatic rings. The van der Waals surface area contributed by atoms with Crippen LogP contribution in [-0.2, 0) is 9.84 Å². The Morgan fingerprint density at radius 2 is 1.81 bits per heavy atom. The number of rotatable bonds is 4. The minimum atomic E-state index is -3.49. The number of carbonyl (C=O) groups excluding carboxylic acids is 1. The van der Waals surface area contributed by atoms with E-state index in [1.807, 2.05) is 0 Å². The zero-order valence-corrected chi connectivity index (χ0v) is 15.4. The summed E-state index contributed by atoms with van der Waals surface area (Å²) in [5, 5.41) is 2.12. The summed E-state index contributed by atoms with van der Waals surface area (Å²) in [6, 6.07) is 11.0. The first kappa shape index (κ1) is 17.5. The second kappa shape index (κ2) is 6.66. The number of ether oxygens (including phenoxy) is 3. The fourth-order valence-electron chi connectivity index (χ4n) is 2.93. The molecule has 27 heavy (non-hydrogen) atoms. The molecule has 1 saturated heterocycles. The molecule has 0 saturated carbocycles. The van der Waals surface area contributed by atoms with Gasteiger partial charge in [-0.25, -0.2) is 13.2 Å². The van der Waals surface area contributed by atoms with E-state index in [1.165, 1.54) is 24.1 Å². The Labute approximate surface area is 156 Å². The number of urea groups is 1. The molecular weight excluding hydrogens is 372 g/mol. The molecule has 0 radical (unpaired) electrons. The van der Waals surface area contributed by atoms with E-state index in [0.29, 0.717) is 22.9 Å².